The highest BCUT2D eigenvalue weighted by Gasteiger charge is 2.28. The quantitative estimate of drug-likeness (QED) is 0.108. The normalized spacial score (nSPS) is 11.6. The molecule has 0 aliphatic heterocycles. The Kier molecular flexibility index (Phi) is 20.6. The lowest BCUT2D eigenvalue weighted by Gasteiger charge is -2.18. The Hall–Kier alpha value is -18.5. The van der Waals surface area contributed by atoms with Gasteiger partial charge in [-0.15, -0.1) is 0 Å². The van der Waals surface area contributed by atoms with Crippen LogP contribution in [0.2, 0.25) is 0 Å². The van der Waals surface area contributed by atoms with Crippen LogP contribution in [0.5, 0.6) is 0 Å². The molecule has 0 atom stereocenters. The molecule has 0 N–H and O–H groups in total. The molecule has 0 fully saturated rings. The molecule has 24 aromatic carbocycles. The second-order valence-corrected chi connectivity index (χ2v) is 36.1. The standard InChI is InChI=1S/C54H34O2.C44H28O.C38H24O/c1-5-17-35(18-6-1)51-45-33-39(29-31-47(45)55-53(51)37-21-9-3-10-22-37)49-41-25-13-15-27-43(41)50(44-28-16-14-26-42(44)49)40-30-32-48-46(34-40)52(36-19-7-2-8-20-36)54(56-48)38-23-11-4-12-24-38;1-3-14-30(15-4-1)43-39-28-34(25-26-40(39)45-44(43)31-16-5-2-6-17-31)42-37-21-11-9-19-35(37)41(36-20-10-12-22-38(36)42)33-24-23-29-13-7-8-18-32(29)27-33;1-2-11-26(12-3-1)35-24-39-36-21-20-29(23-34(35)36)38-32-16-8-6-14-30(32)37(31-15-7-9-17-33(31)38)28-19-18-25-10-4-5-13-27(25)22-28/h1-34H;1-28H;1-24H. The van der Waals surface area contributed by atoms with E-state index in [1.54, 1.807) is 0 Å². The summed E-state index contributed by atoms with van der Waals surface area (Å²) in [7, 11) is 0. The molecule has 4 heteroatoms. The lowest BCUT2D eigenvalue weighted by Crippen LogP contribution is -1.91. The Labute approximate surface area is 809 Å². The zero-order valence-corrected chi connectivity index (χ0v) is 76.3. The van der Waals surface area contributed by atoms with Crippen LogP contribution in [0, 0.1) is 0 Å². The van der Waals surface area contributed by atoms with E-state index in [4.69, 9.17) is 17.7 Å². The van der Waals surface area contributed by atoms with Crippen LogP contribution < -0.4 is 0 Å². The molecular formula is C136H86O4. The minimum atomic E-state index is 0.870. The third kappa shape index (κ3) is 14.5. The van der Waals surface area contributed by atoms with Crippen LogP contribution in [-0.2, 0) is 0 Å². The van der Waals surface area contributed by atoms with Gasteiger partial charge in [-0.25, -0.2) is 0 Å². The van der Waals surface area contributed by atoms with E-state index in [9.17, 15) is 0 Å². The third-order valence-corrected chi connectivity index (χ3v) is 28.0. The second-order valence-electron chi connectivity index (χ2n) is 36.1. The summed E-state index contributed by atoms with van der Waals surface area (Å²) in [6.07, 6.45) is 1.88. The van der Waals surface area contributed by atoms with Gasteiger partial charge >= 0.3 is 0 Å². The zero-order chi connectivity index (χ0) is 92.5. The average molecular weight is 1780 g/mol. The summed E-state index contributed by atoms with van der Waals surface area (Å²) in [5.74, 6) is 2.67. The maximum Gasteiger partial charge on any atom is 0.143 e. The number of fused-ring (bicyclic) bond motifs is 12. The van der Waals surface area contributed by atoms with Crippen molar-refractivity contribution in [3.05, 3.63) is 522 Å². The molecule has 4 heterocycles. The highest BCUT2D eigenvalue weighted by molar-refractivity contribution is 6.26. The summed E-state index contributed by atoms with van der Waals surface area (Å²) in [5.41, 5.74) is 30.4. The molecule has 0 saturated heterocycles. The predicted molar refractivity (Wildman–Crippen MR) is 589 cm³/mol. The van der Waals surface area contributed by atoms with Crippen LogP contribution in [0.3, 0.4) is 0 Å². The lowest BCUT2D eigenvalue weighted by atomic mass is 9.85. The Bertz CT molecular complexity index is 9260. The van der Waals surface area contributed by atoms with Crippen molar-refractivity contribution in [2.75, 3.05) is 0 Å². The molecule has 28 rings (SSSR count). The van der Waals surface area contributed by atoms with Gasteiger partial charge in [0.2, 0.25) is 0 Å². The molecule has 0 saturated carbocycles. The summed E-state index contributed by atoms with van der Waals surface area (Å²) in [6, 6.07) is 184. The van der Waals surface area contributed by atoms with Gasteiger partial charge in [0.25, 0.3) is 0 Å². The van der Waals surface area contributed by atoms with Crippen LogP contribution in [0.4, 0.5) is 0 Å². The first-order valence-corrected chi connectivity index (χ1v) is 47.9. The van der Waals surface area contributed by atoms with Gasteiger partial charge in [0.05, 0.1) is 6.26 Å². The SMILES string of the molecule is c1ccc(-c2coc3ccc(-c4c5ccccc5c(-c5ccc6ccccc6c5)c5ccccc45)cc23)cc1.c1ccc(-c2oc3ccc(-c4c5ccccc5c(-c5ccc6ccccc6c5)c5ccccc45)cc3c2-c2ccccc2)cc1.c1ccc(-c2oc3ccc(-c4c5ccccc5c(-c5ccc6oc(-c7ccccc7)c(-c7ccccc7)c6c5)c5ccccc45)cc3c2-c2ccccc2)cc1. The summed E-state index contributed by atoms with van der Waals surface area (Å²) in [6.45, 7) is 0. The molecule has 0 amide bonds. The Morgan fingerprint density at radius 1 is 0.114 bits per heavy atom. The highest BCUT2D eigenvalue weighted by atomic mass is 16.3. The number of hydrogen-bond acceptors (Lipinski definition) is 4. The number of benzene rings is 24. The molecule has 4 nitrogen and oxygen atoms in total. The van der Waals surface area contributed by atoms with E-state index in [1.807, 2.05) is 30.5 Å². The molecule has 0 spiro atoms. The maximum atomic E-state index is 6.68. The van der Waals surface area contributed by atoms with Gasteiger partial charge in [-0.05, 0) is 236 Å². The molecule has 654 valence electrons. The number of furan rings is 4. The van der Waals surface area contributed by atoms with Gasteiger partial charge in [0, 0.05) is 60.5 Å². The molecule has 0 aliphatic rings. The third-order valence-electron chi connectivity index (χ3n) is 28.0. The fraction of sp³-hybridized carbons (Fsp3) is 0. The fourth-order valence-corrected chi connectivity index (χ4v) is 21.8. The van der Waals surface area contributed by atoms with Crippen LogP contribution in [0.25, 0.3) is 275 Å². The Morgan fingerprint density at radius 3 is 0.579 bits per heavy atom. The van der Waals surface area contributed by atoms with E-state index in [-0.39, 0.29) is 0 Å². The smallest absolute Gasteiger partial charge is 0.143 e. The van der Waals surface area contributed by atoms with E-state index in [1.165, 1.54) is 142 Å². The maximum absolute atomic E-state index is 6.68. The van der Waals surface area contributed by atoms with Gasteiger partial charge in [-0.1, -0.05) is 455 Å². The second kappa shape index (κ2) is 35.1. The van der Waals surface area contributed by atoms with E-state index in [0.29, 0.717) is 0 Å². The van der Waals surface area contributed by atoms with E-state index in [0.717, 1.165) is 133 Å². The first-order chi connectivity index (χ1) is 69.5. The van der Waals surface area contributed by atoms with E-state index < -0.39 is 0 Å². The van der Waals surface area contributed by atoms with Crippen LogP contribution in [0.1, 0.15) is 0 Å². The summed E-state index contributed by atoms with van der Waals surface area (Å²) in [5, 5.41) is 24.3. The topological polar surface area (TPSA) is 52.6 Å². The average Bonchev–Trinajstić information content (AvgIpc) is 1.70. The van der Waals surface area contributed by atoms with E-state index in [2.05, 4.69) is 491 Å². The van der Waals surface area contributed by atoms with Gasteiger partial charge in [0.1, 0.15) is 39.6 Å². The molecular weight excluding hydrogens is 1700 g/mol. The lowest BCUT2D eigenvalue weighted by molar-refractivity contribution is 0.617. The first kappa shape index (κ1) is 82.2. The molecule has 140 heavy (non-hydrogen) atoms. The van der Waals surface area contributed by atoms with Crippen molar-refractivity contribution < 1.29 is 17.7 Å². The Morgan fingerprint density at radius 2 is 0.314 bits per heavy atom. The zero-order valence-electron chi connectivity index (χ0n) is 76.3. The van der Waals surface area contributed by atoms with E-state index >= 15 is 0 Å². The van der Waals surface area contributed by atoms with Crippen molar-refractivity contribution in [3.8, 4) is 145 Å². The van der Waals surface area contributed by atoms with Gasteiger partial charge in [-0.2, -0.15) is 0 Å². The molecule has 4 aromatic heterocycles. The molecule has 28 aromatic rings. The molecule has 0 radical (unpaired) electrons. The number of rotatable bonds is 13. The highest BCUT2D eigenvalue weighted by Crippen LogP contribution is 2.54. The first-order valence-electron chi connectivity index (χ1n) is 47.9. The number of hydrogen-bond donors (Lipinski definition) is 0. The summed E-state index contributed by atoms with van der Waals surface area (Å²) < 4.78 is 26.0. The largest absolute Gasteiger partial charge is 0.464 e. The minimum Gasteiger partial charge on any atom is -0.464 e. The summed E-state index contributed by atoms with van der Waals surface area (Å²) >= 11 is 0. The monoisotopic (exact) mass is 1780 g/mol. The van der Waals surface area contributed by atoms with Crippen molar-refractivity contribution in [3.63, 3.8) is 0 Å². The predicted octanol–water partition coefficient (Wildman–Crippen LogP) is 38.9. The van der Waals surface area contributed by atoms with Crippen molar-refractivity contribution >= 4 is 130 Å². The van der Waals surface area contributed by atoms with Crippen molar-refractivity contribution in [1.82, 2.24) is 0 Å². The van der Waals surface area contributed by atoms with Crippen LogP contribution in [0.15, 0.2) is 540 Å². The van der Waals surface area contributed by atoms with Gasteiger partial charge < -0.3 is 17.7 Å². The minimum absolute atomic E-state index is 0.870. The molecule has 0 aliphatic carbocycles. The summed E-state index contributed by atoms with van der Waals surface area (Å²) in [4.78, 5) is 0. The van der Waals surface area contributed by atoms with Crippen molar-refractivity contribution in [2.24, 2.45) is 0 Å². The van der Waals surface area contributed by atoms with Crippen LogP contribution >= 0.6 is 0 Å². The van der Waals surface area contributed by atoms with Gasteiger partial charge in [-0.3, -0.25) is 0 Å². The molecule has 0 bridgehead atoms. The Balaban J connectivity index is 0.000000110. The van der Waals surface area contributed by atoms with Crippen molar-refractivity contribution in [1.29, 1.82) is 0 Å². The molecule has 0 unspecified atom stereocenters. The van der Waals surface area contributed by atoms with Crippen molar-refractivity contribution in [2.45, 2.75) is 0 Å². The fourth-order valence-electron chi connectivity index (χ4n) is 21.8. The van der Waals surface area contributed by atoms with Gasteiger partial charge in [0.15, 0.2) is 0 Å². The van der Waals surface area contributed by atoms with Crippen LogP contribution in [-0.4, -0.2) is 0 Å².